The Bertz CT molecular complexity index is 599. The van der Waals surface area contributed by atoms with Crippen molar-refractivity contribution in [2.75, 3.05) is 0 Å². The van der Waals surface area contributed by atoms with Crippen LogP contribution in [0.25, 0.3) is 0 Å². The molecule has 0 aromatic heterocycles. The van der Waals surface area contributed by atoms with E-state index in [1.165, 1.54) is 12.1 Å². The van der Waals surface area contributed by atoms with Crippen LogP contribution in [0.5, 0.6) is 0 Å². The molecule has 1 aliphatic rings. The third-order valence-corrected chi connectivity index (χ3v) is 6.24. The first-order chi connectivity index (χ1) is 9.81. The molecule has 1 aliphatic carbocycles. The molecule has 0 heterocycles. The van der Waals surface area contributed by atoms with E-state index in [1.54, 1.807) is 0 Å². The topological polar surface area (TPSA) is 72.2 Å². The van der Waals surface area contributed by atoms with Crippen molar-refractivity contribution in [2.45, 2.75) is 49.1 Å². The Morgan fingerprint density at radius 1 is 1.05 bits per heavy atom. The highest BCUT2D eigenvalue weighted by atomic mass is 35.5. The maximum Gasteiger partial charge on any atom is 0.243 e. The molecule has 3 N–H and O–H groups in total. The first-order valence-electron chi connectivity index (χ1n) is 6.74. The fourth-order valence-corrected chi connectivity index (χ4v) is 5.39. The lowest BCUT2D eigenvalue weighted by molar-refractivity contribution is 0.456. The largest absolute Gasteiger partial charge is 0.326 e. The van der Waals surface area contributed by atoms with Crippen molar-refractivity contribution in [3.8, 4) is 0 Å². The highest BCUT2D eigenvalue weighted by Crippen LogP contribution is 2.33. The predicted octanol–water partition coefficient (Wildman–Crippen LogP) is 3.59. The number of rotatable bonds is 3. The van der Waals surface area contributed by atoms with Gasteiger partial charge >= 0.3 is 0 Å². The lowest BCUT2D eigenvalue weighted by Gasteiger charge is -2.23. The Hall–Kier alpha value is -0.0400. The average Bonchev–Trinajstić information content (AvgIpc) is 2.52. The van der Waals surface area contributed by atoms with Crippen LogP contribution in [-0.2, 0) is 10.0 Å². The van der Waals surface area contributed by atoms with Crippen LogP contribution in [0.1, 0.15) is 32.1 Å². The van der Waals surface area contributed by atoms with Crippen molar-refractivity contribution in [3.63, 3.8) is 0 Å². The van der Waals surface area contributed by atoms with Gasteiger partial charge in [-0.1, -0.05) is 54.1 Å². The summed E-state index contributed by atoms with van der Waals surface area (Å²) in [7, 11) is -3.84. The summed E-state index contributed by atoms with van der Waals surface area (Å²) in [5.74, 6) is 0. The van der Waals surface area contributed by atoms with Crippen LogP contribution in [0.2, 0.25) is 15.1 Å². The zero-order valence-corrected chi connectivity index (χ0v) is 14.4. The minimum atomic E-state index is -3.84. The van der Waals surface area contributed by atoms with E-state index in [1.807, 2.05) is 0 Å². The lowest BCUT2D eigenvalue weighted by atomic mass is 10.1. The molecule has 0 aliphatic heterocycles. The van der Waals surface area contributed by atoms with Gasteiger partial charge in [0.15, 0.2) is 0 Å². The predicted molar refractivity (Wildman–Crippen MR) is 86.6 cm³/mol. The lowest BCUT2D eigenvalue weighted by Crippen LogP contribution is -2.46. The second-order valence-electron chi connectivity index (χ2n) is 5.23. The van der Waals surface area contributed by atoms with Gasteiger partial charge in [-0.25, -0.2) is 13.1 Å². The van der Waals surface area contributed by atoms with Crippen molar-refractivity contribution >= 4 is 44.8 Å². The number of sulfonamides is 1. The molecule has 0 spiro atoms. The summed E-state index contributed by atoms with van der Waals surface area (Å²) in [5.41, 5.74) is 6.05. The van der Waals surface area contributed by atoms with Gasteiger partial charge in [-0.3, -0.25) is 0 Å². The van der Waals surface area contributed by atoms with Gasteiger partial charge in [0, 0.05) is 17.1 Å². The Morgan fingerprint density at radius 3 is 2.24 bits per heavy atom. The molecular weight excluding hydrogens is 355 g/mol. The normalized spacial score (nSPS) is 23.8. The summed E-state index contributed by atoms with van der Waals surface area (Å²) in [6.45, 7) is 0. The van der Waals surface area contributed by atoms with E-state index < -0.39 is 10.0 Å². The Kier molecular flexibility index (Phi) is 5.79. The Morgan fingerprint density at radius 2 is 1.62 bits per heavy atom. The molecule has 0 radical (unpaired) electrons. The molecule has 2 rings (SSSR count). The summed E-state index contributed by atoms with van der Waals surface area (Å²) in [4.78, 5) is -0.147. The minimum Gasteiger partial charge on any atom is -0.326 e. The molecule has 2 unspecified atom stereocenters. The number of nitrogens with two attached hydrogens (primary N) is 1. The van der Waals surface area contributed by atoms with Gasteiger partial charge in [0.25, 0.3) is 0 Å². The molecule has 0 bridgehead atoms. The van der Waals surface area contributed by atoms with Crippen molar-refractivity contribution in [1.82, 2.24) is 4.72 Å². The number of hydrogen-bond acceptors (Lipinski definition) is 3. The van der Waals surface area contributed by atoms with E-state index in [4.69, 9.17) is 40.5 Å². The maximum atomic E-state index is 12.5. The van der Waals surface area contributed by atoms with Crippen LogP contribution < -0.4 is 10.5 Å². The van der Waals surface area contributed by atoms with E-state index >= 15 is 0 Å². The number of nitrogens with one attached hydrogen (secondary N) is 1. The molecule has 1 aromatic carbocycles. The van der Waals surface area contributed by atoms with Gasteiger partial charge < -0.3 is 5.73 Å². The maximum absolute atomic E-state index is 12.5. The number of halogens is 3. The quantitative estimate of drug-likeness (QED) is 0.798. The van der Waals surface area contributed by atoms with Gasteiger partial charge in [-0.2, -0.15) is 0 Å². The van der Waals surface area contributed by atoms with Crippen LogP contribution in [0.15, 0.2) is 17.0 Å². The second-order valence-corrected chi connectivity index (χ2v) is 8.13. The average molecular weight is 372 g/mol. The molecule has 1 fully saturated rings. The third kappa shape index (κ3) is 4.24. The molecule has 1 saturated carbocycles. The molecule has 4 nitrogen and oxygen atoms in total. The second kappa shape index (κ2) is 7.02. The van der Waals surface area contributed by atoms with Gasteiger partial charge in [-0.05, 0) is 25.0 Å². The van der Waals surface area contributed by atoms with Crippen molar-refractivity contribution in [1.29, 1.82) is 0 Å². The van der Waals surface area contributed by atoms with Crippen molar-refractivity contribution in [2.24, 2.45) is 5.73 Å². The molecule has 1 aromatic rings. The fourth-order valence-electron chi connectivity index (χ4n) is 2.53. The first-order valence-corrected chi connectivity index (χ1v) is 9.35. The number of hydrogen-bond donors (Lipinski definition) is 2. The van der Waals surface area contributed by atoms with E-state index in [9.17, 15) is 8.42 Å². The van der Waals surface area contributed by atoms with E-state index in [-0.39, 0.29) is 32.0 Å². The Balaban J connectivity index is 2.30. The van der Waals surface area contributed by atoms with Crippen LogP contribution in [-0.4, -0.2) is 20.5 Å². The van der Waals surface area contributed by atoms with Gasteiger partial charge in [0.1, 0.15) is 4.90 Å². The molecule has 0 amide bonds. The molecule has 8 heteroatoms. The van der Waals surface area contributed by atoms with E-state index in [0.29, 0.717) is 6.42 Å². The highest BCUT2D eigenvalue weighted by Gasteiger charge is 2.29. The van der Waals surface area contributed by atoms with Gasteiger partial charge in [0.05, 0.1) is 10.0 Å². The summed E-state index contributed by atoms with van der Waals surface area (Å²) in [6.07, 6.45) is 4.54. The zero-order valence-electron chi connectivity index (χ0n) is 11.3. The first kappa shape index (κ1) is 17.3. The number of benzene rings is 1. The Labute approximate surface area is 140 Å². The monoisotopic (exact) mass is 370 g/mol. The summed E-state index contributed by atoms with van der Waals surface area (Å²) < 4.78 is 27.7. The molecule has 118 valence electrons. The van der Waals surface area contributed by atoms with E-state index in [2.05, 4.69) is 4.72 Å². The molecule has 21 heavy (non-hydrogen) atoms. The minimum absolute atomic E-state index is 0.00203. The summed E-state index contributed by atoms with van der Waals surface area (Å²) in [5, 5.41) is 0.291. The van der Waals surface area contributed by atoms with Crippen molar-refractivity contribution in [3.05, 3.63) is 27.2 Å². The van der Waals surface area contributed by atoms with Crippen LogP contribution >= 0.6 is 34.8 Å². The van der Waals surface area contributed by atoms with Crippen LogP contribution in [0.3, 0.4) is 0 Å². The van der Waals surface area contributed by atoms with Crippen molar-refractivity contribution < 1.29 is 8.42 Å². The van der Waals surface area contributed by atoms with Gasteiger partial charge in [-0.15, -0.1) is 0 Å². The third-order valence-electron chi connectivity index (χ3n) is 3.61. The zero-order chi connectivity index (χ0) is 15.6. The smallest absolute Gasteiger partial charge is 0.243 e. The fraction of sp³-hybridized carbons (Fsp3) is 0.538. The molecule has 0 saturated heterocycles. The van der Waals surface area contributed by atoms with Gasteiger partial charge in [0.2, 0.25) is 10.0 Å². The SMILES string of the molecule is NC1CCCCCC1NS(=O)(=O)c1c(Cl)cc(Cl)cc1Cl. The molecular formula is C13H17Cl3N2O2S. The van der Waals surface area contributed by atoms with E-state index in [0.717, 1.165) is 25.7 Å². The summed E-state index contributed by atoms with van der Waals surface area (Å²) >= 11 is 17.8. The molecule has 2 atom stereocenters. The van der Waals surface area contributed by atoms with Crippen LogP contribution in [0.4, 0.5) is 0 Å². The summed E-state index contributed by atoms with van der Waals surface area (Å²) in [6, 6.07) is 2.21. The highest BCUT2D eigenvalue weighted by molar-refractivity contribution is 7.89. The van der Waals surface area contributed by atoms with Crippen LogP contribution in [0, 0.1) is 0 Å². The standard InChI is InChI=1S/C13H17Cl3N2O2S/c14-8-6-9(15)13(10(16)7-8)21(19,20)18-12-5-3-1-2-4-11(12)17/h6-7,11-12,18H,1-5,17H2.